The third-order valence-electron chi connectivity index (χ3n) is 3.86. The number of thiazole rings is 1. The van der Waals surface area contributed by atoms with E-state index in [9.17, 15) is 0 Å². The highest BCUT2D eigenvalue weighted by Gasteiger charge is 2.24. The van der Waals surface area contributed by atoms with Crippen molar-refractivity contribution in [1.82, 2.24) is 10.3 Å². The Balaban J connectivity index is 2.49. The van der Waals surface area contributed by atoms with Gasteiger partial charge in [-0.2, -0.15) is 0 Å². The van der Waals surface area contributed by atoms with Crippen molar-refractivity contribution in [2.24, 2.45) is 5.41 Å². The molecule has 0 amide bonds. The smallest absolute Gasteiger partial charge is 0.109 e. The van der Waals surface area contributed by atoms with Crippen molar-refractivity contribution >= 4 is 11.3 Å². The molecule has 0 saturated carbocycles. The number of hydrogen-bond acceptors (Lipinski definition) is 3. The predicted octanol–water partition coefficient (Wildman–Crippen LogP) is 4.01. The summed E-state index contributed by atoms with van der Waals surface area (Å²) in [6.07, 6.45) is 5.62. The maximum atomic E-state index is 4.35. The third kappa shape index (κ3) is 3.29. The third-order valence-corrected chi connectivity index (χ3v) is 4.81. The minimum atomic E-state index is 0.379. The average molecular weight is 240 g/mol. The first-order valence-electron chi connectivity index (χ1n) is 6.30. The molecule has 0 aliphatic carbocycles. The molecule has 0 bridgehead atoms. The van der Waals surface area contributed by atoms with Gasteiger partial charge >= 0.3 is 0 Å². The van der Waals surface area contributed by atoms with E-state index in [-0.39, 0.29) is 0 Å². The normalized spacial score (nSPS) is 14.0. The summed E-state index contributed by atoms with van der Waals surface area (Å²) in [6, 6.07) is 0.379. The van der Waals surface area contributed by atoms with Gasteiger partial charge in [0, 0.05) is 18.1 Å². The molecule has 0 aliphatic heterocycles. The minimum absolute atomic E-state index is 0.379. The summed E-state index contributed by atoms with van der Waals surface area (Å²) in [6.45, 7) is 10.2. The van der Waals surface area contributed by atoms with Gasteiger partial charge in [0.25, 0.3) is 0 Å². The van der Waals surface area contributed by atoms with Gasteiger partial charge in [-0.25, -0.2) is 4.98 Å². The first kappa shape index (κ1) is 13.7. The molecular formula is C13H24N2S. The van der Waals surface area contributed by atoms with Crippen molar-refractivity contribution in [2.75, 3.05) is 6.54 Å². The lowest BCUT2D eigenvalue weighted by molar-refractivity contribution is 0.230. The standard InChI is InChI=1S/C13H24N2S/c1-5-13(6-2,7-3)10-15-11(4)12-14-8-9-16-12/h8-9,11,15H,5-7,10H2,1-4H3. The fourth-order valence-electron chi connectivity index (χ4n) is 2.03. The summed E-state index contributed by atoms with van der Waals surface area (Å²) in [7, 11) is 0. The Labute approximate surface area is 103 Å². The Hall–Kier alpha value is -0.410. The van der Waals surface area contributed by atoms with Crippen LogP contribution in [0.3, 0.4) is 0 Å². The highest BCUT2D eigenvalue weighted by molar-refractivity contribution is 7.09. The zero-order valence-corrected chi connectivity index (χ0v) is 11.7. The molecule has 3 heteroatoms. The van der Waals surface area contributed by atoms with Crippen LogP contribution in [0.25, 0.3) is 0 Å². The largest absolute Gasteiger partial charge is 0.308 e. The second-order valence-electron chi connectivity index (χ2n) is 4.53. The molecule has 2 nitrogen and oxygen atoms in total. The lowest BCUT2D eigenvalue weighted by Crippen LogP contribution is -2.34. The molecule has 1 heterocycles. The van der Waals surface area contributed by atoms with Crippen molar-refractivity contribution in [2.45, 2.75) is 53.0 Å². The minimum Gasteiger partial charge on any atom is -0.308 e. The van der Waals surface area contributed by atoms with E-state index in [4.69, 9.17) is 0 Å². The van der Waals surface area contributed by atoms with Gasteiger partial charge in [-0.15, -0.1) is 11.3 Å². The summed E-state index contributed by atoms with van der Waals surface area (Å²) >= 11 is 1.73. The second kappa shape index (κ2) is 6.36. The fraction of sp³-hybridized carbons (Fsp3) is 0.769. The monoisotopic (exact) mass is 240 g/mol. The van der Waals surface area contributed by atoms with E-state index in [1.165, 1.54) is 24.3 Å². The van der Waals surface area contributed by atoms with E-state index in [1.807, 2.05) is 11.6 Å². The first-order chi connectivity index (χ1) is 7.67. The van der Waals surface area contributed by atoms with Gasteiger partial charge in [0.2, 0.25) is 0 Å². The summed E-state index contributed by atoms with van der Waals surface area (Å²) in [4.78, 5) is 4.35. The molecule has 1 rings (SSSR count). The summed E-state index contributed by atoms with van der Waals surface area (Å²) in [5.41, 5.74) is 0.464. The van der Waals surface area contributed by atoms with Crippen molar-refractivity contribution in [3.05, 3.63) is 16.6 Å². The zero-order valence-electron chi connectivity index (χ0n) is 10.9. The highest BCUT2D eigenvalue weighted by atomic mass is 32.1. The van der Waals surface area contributed by atoms with E-state index >= 15 is 0 Å². The number of aromatic nitrogens is 1. The molecule has 1 aromatic rings. The quantitative estimate of drug-likeness (QED) is 0.779. The van der Waals surface area contributed by atoms with Gasteiger partial charge in [0.1, 0.15) is 5.01 Å². The number of hydrogen-bond donors (Lipinski definition) is 1. The van der Waals surface area contributed by atoms with Gasteiger partial charge in [0.15, 0.2) is 0 Å². The topological polar surface area (TPSA) is 24.9 Å². The Morgan fingerprint density at radius 1 is 1.31 bits per heavy atom. The fourth-order valence-corrected chi connectivity index (χ4v) is 2.70. The molecule has 92 valence electrons. The van der Waals surface area contributed by atoms with E-state index < -0.39 is 0 Å². The first-order valence-corrected chi connectivity index (χ1v) is 7.18. The Morgan fingerprint density at radius 2 is 1.94 bits per heavy atom. The molecular weight excluding hydrogens is 216 g/mol. The molecule has 1 unspecified atom stereocenters. The number of nitrogens with zero attached hydrogens (tertiary/aromatic N) is 1. The van der Waals surface area contributed by atoms with Crippen LogP contribution >= 0.6 is 11.3 Å². The molecule has 0 aliphatic rings. The number of nitrogens with one attached hydrogen (secondary N) is 1. The van der Waals surface area contributed by atoms with E-state index in [2.05, 4.69) is 38.0 Å². The van der Waals surface area contributed by atoms with Gasteiger partial charge in [-0.3, -0.25) is 0 Å². The van der Waals surface area contributed by atoms with Gasteiger partial charge in [-0.1, -0.05) is 20.8 Å². The van der Waals surface area contributed by atoms with Crippen LogP contribution in [-0.2, 0) is 0 Å². The van der Waals surface area contributed by atoms with Gasteiger partial charge in [-0.05, 0) is 31.6 Å². The molecule has 0 fully saturated rings. The van der Waals surface area contributed by atoms with Crippen molar-refractivity contribution in [3.8, 4) is 0 Å². The SMILES string of the molecule is CCC(CC)(CC)CNC(C)c1nccs1. The van der Waals surface area contributed by atoms with Crippen molar-refractivity contribution in [3.63, 3.8) is 0 Å². The Bertz CT molecular complexity index is 270. The number of rotatable bonds is 7. The second-order valence-corrected chi connectivity index (χ2v) is 5.46. The summed E-state index contributed by atoms with van der Waals surface area (Å²) in [5.74, 6) is 0. The molecule has 1 aromatic heterocycles. The highest BCUT2D eigenvalue weighted by Crippen LogP contribution is 2.30. The molecule has 0 aromatic carbocycles. The average Bonchev–Trinajstić information content (AvgIpc) is 2.85. The molecule has 1 N–H and O–H groups in total. The van der Waals surface area contributed by atoms with Crippen molar-refractivity contribution in [1.29, 1.82) is 0 Å². The van der Waals surface area contributed by atoms with E-state index in [1.54, 1.807) is 11.3 Å². The lowest BCUT2D eigenvalue weighted by Gasteiger charge is -2.32. The van der Waals surface area contributed by atoms with Crippen LogP contribution in [-0.4, -0.2) is 11.5 Å². The van der Waals surface area contributed by atoms with Gasteiger partial charge in [0.05, 0.1) is 6.04 Å². The Morgan fingerprint density at radius 3 is 2.38 bits per heavy atom. The van der Waals surface area contributed by atoms with Crippen LogP contribution in [0.5, 0.6) is 0 Å². The molecule has 1 atom stereocenters. The van der Waals surface area contributed by atoms with Crippen LogP contribution in [0.2, 0.25) is 0 Å². The Kier molecular flexibility index (Phi) is 5.42. The van der Waals surface area contributed by atoms with Crippen LogP contribution < -0.4 is 5.32 Å². The molecule has 0 saturated heterocycles. The van der Waals surface area contributed by atoms with Gasteiger partial charge < -0.3 is 5.32 Å². The maximum absolute atomic E-state index is 4.35. The molecule has 0 spiro atoms. The summed E-state index contributed by atoms with van der Waals surface area (Å²) < 4.78 is 0. The maximum Gasteiger partial charge on any atom is 0.109 e. The van der Waals surface area contributed by atoms with Crippen LogP contribution in [0.15, 0.2) is 11.6 Å². The lowest BCUT2D eigenvalue weighted by atomic mass is 9.79. The van der Waals surface area contributed by atoms with Crippen molar-refractivity contribution < 1.29 is 0 Å². The van der Waals surface area contributed by atoms with Crippen LogP contribution in [0, 0.1) is 5.41 Å². The van der Waals surface area contributed by atoms with Crippen LogP contribution in [0.1, 0.15) is 58.0 Å². The molecule has 0 radical (unpaired) electrons. The zero-order chi connectivity index (χ0) is 12.0. The van der Waals surface area contributed by atoms with Crippen LogP contribution in [0.4, 0.5) is 0 Å². The summed E-state index contributed by atoms with van der Waals surface area (Å²) in [5, 5.41) is 6.86. The van der Waals surface area contributed by atoms with E-state index in [0.717, 1.165) is 6.54 Å². The predicted molar refractivity (Wildman–Crippen MR) is 71.8 cm³/mol. The van der Waals surface area contributed by atoms with E-state index in [0.29, 0.717) is 11.5 Å². The molecule has 16 heavy (non-hydrogen) atoms.